The van der Waals surface area contributed by atoms with Crippen molar-refractivity contribution >= 4 is 23.2 Å². The largest absolute Gasteiger partial charge is 0.315 e. The van der Waals surface area contributed by atoms with Gasteiger partial charge < -0.3 is 5.32 Å². The van der Waals surface area contributed by atoms with E-state index >= 15 is 0 Å². The van der Waals surface area contributed by atoms with Crippen molar-refractivity contribution in [2.24, 2.45) is 0 Å². The quantitative estimate of drug-likeness (QED) is 0.895. The van der Waals surface area contributed by atoms with Crippen LogP contribution in [0.15, 0.2) is 42.5 Å². The van der Waals surface area contributed by atoms with Crippen molar-refractivity contribution in [3.8, 4) is 0 Å². The van der Waals surface area contributed by atoms with Crippen LogP contribution >= 0.6 is 23.2 Å². The van der Waals surface area contributed by atoms with E-state index in [-0.39, 0.29) is 16.3 Å². The first-order valence-electron chi connectivity index (χ1n) is 6.50. The van der Waals surface area contributed by atoms with Gasteiger partial charge in [0.15, 0.2) is 0 Å². The molecule has 0 atom stereocenters. The molecule has 2 aromatic rings. The fraction of sp³-hybridized carbons (Fsp3) is 0.250. The maximum atomic E-state index is 13.6. The van der Waals surface area contributed by atoms with Crippen molar-refractivity contribution in [3.05, 3.63) is 69.5 Å². The molecule has 0 saturated carbocycles. The lowest BCUT2D eigenvalue weighted by Crippen LogP contribution is -2.58. The van der Waals surface area contributed by atoms with E-state index in [0.29, 0.717) is 0 Å². The van der Waals surface area contributed by atoms with Gasteiger partial charge in [-0.3, -0.25) is 0 Å². The zero-order chi connectivity index (χ0) is 14.2. The van der Waals surface area contributed by atoms with Gasteiger partial charge in [-0.2, -0.15) is 0 Å². The Labute approximate surface area is 127 Å². The molecule has 20 heavy (non-hydrogen) atoms. The lowest BCUT2D eigenvalue weighted by molar-refractivity contribution is 0.274. The third-order valence-electron chi connectivity index (χ3n) is 3.90. The van der Waals surface area contributed by atoms with Crippen LogP contribution in [0.25, 0.3) is 0 Å². The minimum Gasteiger partial charge on any atom is -0.315 e. The Morgan fingerprint density at radius 3 is 2.40 bits per heavy atom. The summed E-state index contributed by atoms with van der Waals surface area (Å²) in [5.41, 5.74) is 2.00. The Hall–Kier alpha value is -1.09. The summed E-state index contributed by atoms with van der Waals surface area (Å²) >= 11 is 12.1. The van der Waals surface area contributed by atoms with E-state index in [2.05, 4.69) is 11.4 Å². The fourth-order valence-electron chi connectivity index (χ4n) is 2.77. The molecule has 1 fully saturated rings. The Balaban J connectivity index is 1.94. The molecule has 104 valence electrons. The first-order chi connectivity index (χ1) is 9.61. The second kappa shape index (κ2) is 5.36. The summed E-state index contributed by atoms with van der Waals surface area (Å²) in [5.74, 6) is -0.370. The highest BCUT2D eigenvalue weighted by atomic mass is 35.5. The normalized spacial score (nSPS) is 16.8. The SMILES string of the molecule is Fc1cc(CC2(c3ccccc3Cl)CNC2)ccc1Cl. The molecule has 1 aliphatic rings. The summed E-state index contributed by atoms with van der Waals surface area (Å²) in [6.07, 6.45) is 0.748. The smallest absolute Gasteiger partial charge is 0.142 e. The molecule has 0 aromatic heterocycles. The van der Waals surface area contributed by atoms with E-state index < -0.39 is 0 Å². The molecule has 0 radical (unpaired) electrons. The van der Waals surface area contributed by atoms with Gasteiger partial charge in [0.1, 0.15) is 5.82 Å². The Kier molecular flexibility index (Phi) is 3.72. The first-order valence-corrected chi connectivity index (χ1v) is 7.26. The third kappa shape index (κ3) is 2.44. The average Bonchev–Trinajstić information content (AvgIpc) is 2.39. The Morgan fingerprint density at radius 2 is 1.80 bits per heavy atom. The zero-order valence-corrected chi connectivity index (χ0v) is 12.3. The lowest BCUT2D eigenvalue weighted by atomic mass is 9.71. The van der Waals surface area contributed by atoms with Gasteiger partial charge in [0.25, 0.3) is 0 Å². The molecule has 1 aliphatic heterocycles. The van der Waals surface area contributed by atoms with E-state index in [4.69, 9.17) is 23.2 Å². The van der Waals surface area contributed by atoms with Gasteiger partial charge in [0, 0.05) is 23.5 Å². The number of benzene rings is 2. The van der Waals surface area contributed by atoms with Crippen LogP contribution in [0, 0.1) is 5.82 Å². The zero-order valence-electron chi connectivity index (χ0n) is 10.8. The first kappa shape index (κ1) is 13.9. The van der Waals surface area contributed by atoms with Gasteiger partial charge in [-0.15, -0.1) is 0 Å². The molecule has 3 rings (SSSR count). The minimum absolute atomic E-state index is 0.0569. The summed E-state index contributed by atoms with van der Waals surface area (Å²) in [6.45, 7) is 1.70. The van der Waals surface area contributed by atoms with Crippen molar-refractivity contribution in [2.75, 3.05) is 13.1 Å². The molecule has 0 amide bonds. The summed E-state index contributed by atoms with van der Waals surface area (Å²) in [5, 5.41) is 4.22. The van der Waals surface area contributed by atoms with Gasteiger partial charge in [0.2, 0.25) is 0 Å². The number of halogens is 3. The topological polar surface area (TPSA) is 12.0 Å². The van der Waals surface area contributed by atoms with Gasteiger partial charge >= 0.3 is 0 Å². The van der Waals surface area contributed by atoms with E-state index in [1.54, 1.807) is 6.07 Å². The van der Waals surface area contributed by atoms with Gasteiger partial charge in [0.05, 0.1) is 5.02 Å². The van der Waals surface area contributed by atoms with Crippen LogP contribution in [-0.4, -0.2) is 13.1 Å². The van der Waals surface area contributed by atoms with Crippen molar-refractivity contribution < 1.29 is 4.39 Å². The standard InChI is InChI=1S/C16H14Cl2FN/c17-13-4-2-1-3-12(13)16(9-20-10-16)8-11-5-6-14(18)15(19)7-11/h1-7,20H,8-10H2. The van der Waals surface area contributed by atoms with E-state index in [0.717, 1.165) is 35.7 Å². The maximum Gasteiger partial charge on any atom is 0.142 e. The van der Waals surface area contributed by atoms with Gasteiger partial charge in [-0.1, -0.05) is 47.5 Å². The third-order valence-corrected chi connectivity index (χ3v) is 4.53. The predicted octanol–water partition coefficient (Wildman–Crippen LogP) is 4.22. The molecule has 0 aliphatic carbocycles. The van der Waals surface area contributed by atoms with Gasteiger partial charge in [-0.25, -0.2) is 4.39 Å². The molecule has 4 heteroatoms. The molecule has 1 nitrogen and oxygen atoms in total. The number of hydrogen-bond acceptors (Lipinski definition) is 1. The van der Waals surface area contributed by atoms with Crippen LogP contribution in [0.5, 0.6) is 0 Å². The molecule has 0 spiro atoms. The number of nitrogens with one attached hydrogen (secondary N) is 1. The van der Waals surface area contributed by atoms with Crippen LogP contribution in [0.2, 0.25) is 10.0 Å². The number of hydrogen-bond donors (Lipinski definition) is 1. The van der Waals surface area contributed by atoms with Crippen molar-refractivity contribution in [1.29, 1.82) is 0 Å². The molecule has 0 bridgehead atoms. The molecule has 1 heterocycles. The van der Waals surface area contributed by atoms with Crippen LogP contribution < -0.4 is 5.32 Å². The van der Waals surface area contributed by atoms with Crippen LogP contribution in [0.1, 0.15) is 11.1 Å². The van der Waals surface area contributed by atoms with Crippen LogP contribution in [-0.2, 0) is 11.8 Å². The highest BCUT2D eigenvalue weighted by Gasteiger charge is 2.40. The highest BCUT2D eigenvalue weighted by Crippen LogP contribution is 2.37. The monoisotopic (exact) mass is 309 g/mol. The highest BCUT2D eigenvalue weighted by molar-refractivity contribution is 6.31. The summed E-state index contributed by atoms with van der Waals surface area (Å²) in [7, 11) is 0. The second-order valence-corrected chi connectivity index (χ2v) is 6.10. The van der Waals surface area contributed by atoms with Gasteiger partial charge in [-0.05, 0) is 35.7 Å². The van der Waals surface area contributed by atoms with Crippen LogP contribution in [0.4, 0.5) is 4.39 Å². The fourth-order valence-corrected chi connectivity index (χ4v) is 3.22. The van der Waals surface area contributed by atoms with Crippen LogP contribution in [0.3, 0.4) is 0 Å². The maximum absolute atomic E-state index is 13.6. The average molecular weight is 310 g/mol. The summed E-state index contributed by atoms with van der Waals surface area (Å²) < 4.78 is 13.6. The van der Waals surface area contributed by atoms with E-state index in [9.17, 15) is 4.39 Å². The molecular formula is C16H14Cl2FN. The molecule has 2 aromatic carbocycles. The van der Waals surface area contributed by atoms with Crippen molar-refractivity contribution in [1.82, 2.24) is 5.32 Å². The summed E-state index contributed by atoms with van der Waals surface area (Å²) in [4.78, 5) is 0. The number of rotatable bonds is 3. The second-order valence-electron chi connectivity index (χ2n) is 5.29. The Morgan fingerprint density at radius 1 is 1.05 bits per heavy atom. The lowest BCUT2D eigenvalue weighted by Gasteiger charge is -2.44. The van der Waals surface area contributed by atoms with Crippen molar-refractivity contribution in [2.45, 2.75) is 11.8 Å². The molecule has 0 unspecified atom stereocenters. The molecule has 1 N–H and O–H groups in total. The minimum atomic E-state index is -0.370. The van der Waals surface area contributed by atoms with Crippen molar-refractivity contribution in [3.63, 3.8) is 0 Å². The molecule has 1 saturated heterocycles. The predicted molar refractivity (Wildman–Crippen MR) is 81.1 cm³/mol. The van der Waals surface area contributed by atoms with E-state index in [1.807, 2.05) is 24.3 Å². The van der Waals surface area contributed by atoms with E-state index in [1.165, 1.54) is 6.07 Å². The summed E-state index contributed by atoms with van der Waals surface area (Å²) in [6, 6.07) is 12.9. The molecular weight excluding hydrogens is 296 g/mol. The Bertz CT molecular complexity index is 638.